The molecule has 1 nitrogen and oxygen atoms in total. The van der Waals surface area contributed by atoms with E-state index in [1.54, 1.807) is 11.8 Å². The highest BCUT2D eigenvalue weighted by molar-refractivity contribution is 7.98. The quantitative estimate of drug-likeness (QED) is 0.678. The van der Waals surface area contributed by atoms with Gasteiger partial charge in [-0.05, 0) is 37.3 Å². The van der Waals surface area contributed by atoms with E-state index in [4.69, 9.17) is 0 Å². The zero-order valence-electron chi connectivity index (χ0n) is 9.72. The van der Waals surface area contributed by atoms with Crippen LogP contribution >= 0.6 is 11.8 Å². The summed E-state index contributed by atoms with van der Waals surface area (Å²) in [5.74, 6) is 0. The van der Waals surface area contributed by atoms with E-state index in [1.807, 2.05) is 33.0 Å². The Hall–Kier alpha value is -0.760. The molecule has 1 aromatic rings. The zero-order chi connectivity index (χ0) is 11.1. The molecular formula is C12H19NS. The molecule has 0 saturated carbocycles. The van der Waals surface area contributed by atoms with Crippen LogP contribution in [0.1, 0.15) is 32.0 Å². The molecule has 78 valence electrons. The van der Waals surface area contributed by atoms with Gasteiger partial charge >= 0.3 is 0 Å². The fourth-order valence-corrected chi connectivity index (χ4v) is 1.92. The van der Waals surface area contributed by atoms with Crippen LogP contribution in [0.3, 0.4) is 0 Å². The molecule has 0 radical (unpaired) electrons. The molecule has 1 rings (SSSR count). The Labute approximate surface area is 91.6 Å². The Morgan fingerprint density at radius 1 is 1.43 bits per heavy atom. The largest absolute Gasteiger partial charge is 0.255 e. The molecule has 0 spiro atoms. The SMILES string of the molecule is C=C(C)c1nccc(C)c1SC.CC. The Kier molecular flexibility index (Phi) is 6.30. The Balaban J connectivity index is 0.000000791. The molecule has 0 atom stereocenters. The van der Waals surface area contributed by atoms with Crippen LogP contribution in [0.25, 0.3) is 5.57 Å². The van der Waals surface area contributed by atoms with Gasteiger partial charge in [0.05, 0.1) is 5.69 Å². The first-order chi connectivity index (χ1) is 6.66. The second-order valence-corrected chi connectivity index (χ2v) is 3.61. The van der Waals surface area contributed by atoms with Crippen molar-refractivity contribution in [1.82, 2.24) is 4.98 Å². The van der Waals surface area contributed by atoms with Crippen molar-refractivity contribution < 1.29 is 0 Å². The van der Waals surface area contributed by atoms with Crippen molar-refractivity contribution in [2.75, 3.05) is 6.26 Å². The van der Waals surface area contributed by atoms with E-state index in [2.05, 4.69) is 24.7 Å². The lowest BCUT2D eigenvalue weighted by Gasteiger charge is -2.07. The molecule has 0 aliphatic rings. The molecule has 0 unspecified atom stereocenters. The topological polar surface area (TPSA) is 12.9 Å². The minimum absolute atomic E-state index is 1.03. The van der Waals surface area contributed by atoms with Gasteiger partial charge in [-0.15, -0.1) is 11.8 Å². The van der Waals surface area contributed by atoms with E-state index in [1.165, 1.54) is 10.5 Å². The van der Waals surface area contributed by atoms with E-state index < -0.39 is 0 Å². The average Bonchev–Trinajstić information content (AvgIpc) is 2.20. The highest BCUT2D eigenvalue weighted by Gasteiger charge is 2.05. The van der Waals surface area contributed by atoms with Crippen LogP contribution in [0.4, 0.5) is 0 Å². The molecule has 0 aromatic carbocycles. The lowest BCUT2D eigenvalue weighted by Crippen LogP contribution is -1.91. The first kappa shape index (κ1) is 13.2. The maximum atomic E-state index is 4.29. The third-order valence-electron chi connectivity index (χ3n) is 1.71. The fraction of sp³-hybridized carbons (Fsp3) is 0.417. The fourth-order valence-electron chi connectivity index (χ4n) is 1.11. The van der Waals surface area contributed by atoms with Crippen LogP contribution in [0, 0.1) is 6.92 Å². The second-order valence-electron chi connectivity index (χ2n) is 2.79. The summed E-state index contributed by atoms with van der Waals surface area (Å²) in [4.78, 5) is 5.53. The number of rotatable bonds is 2. The summed E-state index contributed by atoms with van der Waals surface area (Å²) in [5, 5.41) is 0. The molecule has 0 fully saturated rings. The number of hydrogen-bond donors (Lipinski definition) is 0. The van der Waals surface area contributed by atoms with Crippen molar-refractivity contribution in [1.29, 1.82) is 0 Å². The number of nitrogens with zero attached hydrogens (tertiary/aromatic N) is 1. The van der Waals surface area contributed by atoms with E-state index in [0.717, 1.165) is 11.3 Å². The van der Waals surface area contributed by atoms with Gasteiger partial charge in [0, 0.05) is 11.1 Å². The molecule has 0 aliphatic carbocycles. The van der Waals surface area contributed by atoms with Crippen LogP contribution < -0.4 is 0 Å². The monoisotopic (exact) mass is 209 g/mol. The third kappa shape index (κ3) is 3.18. The first-order valence-corrected chi connectivity index (χ1v) is 6.04. The van der Waals surface area contributed by atoms with Gasteiger partial charge in [0.2, 0.25) is 0 Å². The van der Waals surface area contributed by atoms with Gasteiger partial charge in [-0.1, -0.05) is 20.4 Å². The summed E-state index contributed by atoms with van der Waals surface area (Å²) >= 11 is 1.73. The maximum Gasteiger partial charge on any atom is 0.0791 e. The number of hydrogen-bond acceptors (Lipinski definition) is 2. The van der Waals surface area contributed by atoms with Crippen LogP contribution in [-0.4, -0.2) is 11.2 Å². The molecule has 0 saturated heterocycles. The van der Waals surface area contributed by atoms with E-state index in [-0.39, 0.29) is 0 Å². The van der Waals surface area contributed by atoms with Gasteiger partial charge in [0.25, 0.3) is 0 Å². The Morgan fingerprint density at radius 2 is 2.00 bits per heavy atom. The highest BCUT2D eigenvalue weighted by Crippen LogP contribution is 2.26. The van der Waals surface area contributed by atoms with Gasteiger partial charge < -0.3 is 0 Å². The van der Waals surface area contributed by atoms with Crippen LogP contribution in [0.5, 0.6) is 0 Å². The second kappa shape index (κ2) is 6.66. The lowest BCUT2D eigenvalue weighted by molar-refractivity contribution is 1.13. The summed E-state index contributed by atoms with van der Waals surface area (Å²) in [7, 11) is 0. The zero-order valence-corrected chi connectivity index (χ0v) is 10.5. The number of aromatic nitrogens is 1. The van der Waals surface area contributed by atoms with Crippen molar-refractivity contribution in [3.63, 3.8) is 0 Å². The number of pyridine rings is 1. The molecular weight excluding hydrogens is 190 g/mol. The molecule has 2 heteroatoms. The lowest BCUT2D eigenvalue weighted by atomic mass is 10.2. The minimum atomic E-state index is 1.03. The number of thioether (sulfide) groups is 1. The van der Waals surface area contributed by atoms with Crippen molar-refractivity contribution in [2.45, 2.75) is 32.6 Å². The molecule has 1 aromatic heterocycles. The summed E-state index contributed by atoms with van der Waals surface area (Å²) in [5.41, 5.74) is 3.33. The smallest absolute Gasteiger partial charge is 0.0791 e. The normalized spacial score (nSPS) is 8.93. The van der Waals surface area contributed by atoms with Gasteiger partial charge in [0.15, 0.2) is 0 Å². The van der Waals surface area contributed by atoms with Crippen LogP contribution in [-0.2, 0) is 0 Å². The van der Waals surface area contributed by atoms with Crippen molar-refractivity contribution in [3.8, 4) is 0 Å². The highest BCUT2D eigenvalue weighted by atomic mass is 32.2. The van der Waals surface area contributed by atoms with E-state index >= 15 is 0 Å². The summed E-state index contributed by atoms with van der Waals surface area (Å²) in [6.45, 7) is 12.0. The van der Waals surface area contributed by atoms with Crippen LogP contribution in [0.15, 0.2) is 23.7 Å². The Morgan fingerprint density at radius 3 is 2.36 bits per heavy atom. The predicted octanol–water partition coefficient (Wildman–Crippen LogP) is 4.17. The average molecular weight is 209 g/mol. The van der Waals surface area contributed by atoms with E-state index in [0.29, 0.717) is 0 Å². The third-order valence-corrected chi connectivity index (χ3v) is 2.63. The Bertz CT molecular complexity index is 305. The molecule has 0 aliphatic heterocycles. The summed E-state index contributed by atoms with van der Waals surface area (Å²) in [6, 6.07) is 2.03. The molecule has 14 heavy (non-hydrogen) atoms. The van der Waals surface area contributed by atoms with Crippen molar-refractivity contribution >= 4 is 17.3 Å². The molecule has 0 N–H and O–H groups in total. The molecule has 0 amide bonds. The summed E-state index contributed by atoms with van der Waals surface area (Å²) in [6.07, 6.45) is 3.90. The molecule has 0 bridgehead atoms. The summed E-state index contributed by atoms with van der Waals surface area (Å²) < 4.78 is 0. The van der Waals surface area contributed by atoms with Gasteiger partial charge in [-0.2, -0.15) is 0 Å². The standard InChI is InChI=1S/C10H13NS.C2H6/c1-7(2)9-10(12-4)8(3)5-6-11-9;1-2/h5-6H,1H2,2-4H3;1-2H3. The maximum absolute atomic E-state index is 4.29. The molecule has 1 heterocycles. The van der Waals surface area contributed by atoms with Gasteiger partial charge in [-0.3, -0.25) is 4.98 Å². The van der Waals surface area contributed by atoms with Crippen LogP contribution in [0.2, 0.25) is 0 Å². The van der Waals surface area contributed by atoms with Gasteiger partial charge in [0.1, 0.15) is 0 Å². The minimum Gasteiger partial charge on any atom is -0.255 e. The first-order valence-electron chi connectivity index (χ1n) is 4.82. The van der Waals surface area contributed by atoms with Crippen molar-refractivity contribution in [2.24, 2.45) is 0 Å². The number of allylic oxidation sites excluding steroid dienone is 1. The van der Waals surface area contributed by atoms with Gasteiger partial charge in [-0.25, -0.2) is 0 Å². The number of aryl methyl sites for hydroxylation is 1. The van der Waals surface area contributed by atoms with Crippen molar-refractivity contribution in [3.05, 3.63) is 30.1 Å². The van der Waals surface area contributed by atoms with E-state index in [9.17, 15) is 0 Å². The predicted molar refractivity (Wildman–Crippen MR) is 66.8 cm³/mol.